The Morgan fingerprint density at radius 1 is 0.969 bits per heavy atom. The van der Waals surface area contributed by atoms with Crippen LogP contribution in [0.15, 0.2) is 35.6 Å². The lowest BCUT2D eigenvalue weighted by atomic mass is 9.83. The third-order valence-electron chi connectivity index (χ3n) is 7.01. The summed E-state index contributed by atoms with van der Waals surface area (Å²) in [5.41, 5.74) is 3.27. The van der Waals surface area contributed by atoms with Gasteiger partial charge in [0.05, 0.1) is 18.2 Å². The van der Waals surface area contributed by atoms with Crippen molar-refractivity contribution in [3.63, 3.8) is 0 Å². The summed E-state index contributed by atoms with van der Waals surface area (Å²) in [6.45, 7) is 13.5. The van der Waals surface area contributed by atoms with Crippen LogP contribution in [0.3, 0.4) is 0 Å². The van der Waals surface area contributed by atoms with Gasteiger partial charge in [0.25, 0.3) is 8.32 Å². The minimum Gasteiger partial charge on any atom is -0.542 e. The van der Waals surface area contributed by atoms with Gasteiger partial charge >= 0.3 is 5.97 Å². The van der Waals surface area contributed by atoms with E-state index < -0.39 is 8.32 Å². The number of rotatable bonds is 9. The fourth-order valence-corrected chi connectivity index (χ4v) is 10.7. The lowest BCUT2D eigenvalue weighted by Gasteiger charge is -2.43. The molecular weight excluding hydrogens is 416 g/mol. The van der Waals surface area contributed by atoms with Gasteiger partial charge in [0, 0.05) is 0 Å². The fraction of sp³-hybridized carbons (Fsp3) is 0.593. The fourth-order valence-electron chi connectivity index (χ4n) is 5.42. The third kappa shape index (κ3) is 5.82. The van der Waals surface area contributed by atoms with Crippen molar-refractivity contribution in [2.75, 3.05) is 7.11 Å². The van der Waals surface area contributed by atoms with Crippen molar-refractivity contribution in [3.8, 4) is 0 Å². The molecule has 5 heteroatoms. The van der Waals surface area contributed by atoms with Crippen molar-refractivity contribution in [2.45, 2.75) is 90.3 Å². The number of ether oxygens (including phenoxy) is 1. The summed E-state index contributed by atoms with van der Waals surface area (Å²) in [5.74, 6) is 2.80. The van der Waals surface area contributed by atoms with Gasteiger partial charge in [-0.3, -0.25) is 0 Å². The van der Waals surface area contributed by atoms with E-state index in [0.717, 1.165) is 31.2 Å². The Morgan fingerprint density at radius 2 is 1.50 bits per heavy atom. The van der Waals surface area contributed by atoms with Gasteiger partial charge in [0.2, 0.25) is 0 Å². The molecule has 1 saturated carbocycles. The smallest absolute Gasteiger partial charge is 0.337 e. The van der Waals surface area contributed by atoms with Gasteiger partial charge in [-0.1, -0.05) is 72.9 Å². The van der Waals surface area contributed by atoms with Crippen LogP contribution < -0.4 is 0 Å². The minimum atomic E-state index is -2.26. The van der Waals surface area contributed by atoms with E-state index in [1.807, 2.05) is 18.2 Å². The molecule has 1 aliphatic rings. The predicted octanol–water partition coefficient (Wildman–Crippen LogP) is 7.34. The highest BCUT2D eigenvalue weighted by Crippen LogP contribution is 2.45. The molecule has 1 aromatic carbocycles. The molecule has 0 aromatic heterocycles. The summed E-state index contributed by atoms with van der Waals surface area (Å²) in [7, 11) is -0.887. The van der Waals surface area contributed by atoms with Crippen LogP contribution in [0.2, 0.25) is 16.6 Å². The van der Waals surface area contributed by atoms with E-state index in [1.165, 1.54) is 13.5 Å². The van der Waals surface area contributed by atoms with Crippen molar-refractivity contribution in [1.82, 2.24) is 0 Å². The Bertz CT molecular complexity index is 817. The van der Waals surface area contributed by atoms with E-state index in [9.17, 15) is 9.59 Å². The Hall–Kier alpha value is -2.10. The molecule has 2 rings (SSSR count). The molecule has 4 nitrogen and oxygen atoms in total. The Kier molecular flexibility index (Phi) is 9.54. The zero-order chi connectivity index (χ0) is 23.9. The quantitative estimate of drug-likeness (QED) is 0.128. The highest BCUT2D eigenvalue weighted by atomic mass is 28.4. The maximum atomic E-state index is 12.3. The van der Waals surface area contributed by atoms with E-state index in [2.05, 4.69) is 47.5 Å². The van der Waals surface area contributed by atoms with Crippen LogP contribution >= 0.6 is 0 Å². The largest absolute Gasteiger partial charge is 0.542 e. The second-order valence-electron chi connectivity index (χ2n) is 9.89. The van der Waals surface area contributed by atoms with Crippen LogP contribution in [0.5, 0.6) is 0 Å². The normalized spacial score (nSPS) is 15.8. The van der Waals surface area contributed by atoms with E-state index in [0.29, 0.717) is 33.5 Å². The Balaban J connectivity index is 2.57. The summed E-state index contributed by atoms with van der Waals surface area (Å²) >= 11 is 0. The van der Waals surface area contributed by atoms with Gasteiger partial charge in [0.1, 0.15) is 11.7 Å². The number of carbonyl (C=O) groups is 1. The number of allylic oxidation sites excluding steroid dienone is 1. The summed E-state index contributed by atoms with van der Waals surface area (Å²) in [5, 5.41) is 0. The van der Waals surface area contributed by atoms with E-state index in [-0.39, 0.29) is 11.9 Å². The number of hydrogen-bond donors (Lipinski definition) is 0. The molecule has 0 saturated heterocycles. The first kappa shape index (κ1) is 26.2. The molecule has 0 atom stereocenters. The van der Waals surface area contributed by atoms with Crippen LogP contribution in [0, 0.1) is 5.92 Å². The van der Waals surface area contributed by atoms with Crippen molar-refractivity contribution in [1.29, 1.82) is 0 Å². The molecule has 0 radical (unpaired) electrons. The molecule has 0 heterocycles. The Morgan fingerprint density at radius 3 is 1.94 bits per heavy atom. The molecule has 1 fully saturated rings. The van der Waals surface area contributed by atoms with Crippen LogP contribution in [0.4, 0.5) is 0 Å². The maximum absolute atomic E-state index is 12.3. The lowest BCUT2D eigenvalue weighted by molar-refractivity contribution is 0.0600. The van der Waals surface area contributed by atoms with Crippen LogP contribution in [0.25, 0.3) is 6.08 Å². The first-order valence-corrected chi connectivity index (χ1v) is 14.2. The topological polar surface area (TPSA) is 52.6 Å². The average molecular weight is 457 g/mol. The molecule has 0 spiro atoms. The number of esters is 1. The van der Waals surface area contributed by atoms with Crippen LogP contribution in [-0.4, -0.2) is 27.3 Å². The molecule has 0 unspecified atom stereocenters. The zero-order valence-electron chi connectivity index (χ0n) is 20.9. The second-order valence-corrected chi connectivity index (χ2v) is 15.3. The number of hydrogen-bond acceptors (Lipinski definition) is 4. The number of benzene rings is 1. The minimum absolute atomic E-state index is 0.194. The molecule has 0 bridgehead atoms. The lowest BCUT2D eigenvalue weighted by Crippen LogP contribution is -2.47. The van der Waals surface area contributed by atoms with E-state index in [1.54, 1.807) is 12.1 Å². The van der Waals surface area contributed by atoms with Gasteiger partial charge in [-0.25, -0.2) is 9.59 Å². The Labute approximate surface area is 195 Å². The highest BCUT2D eigenvalue weighted by Gasteiger charge is 2.48. The van der Waals surface area contributed by atoms with E-state index >= 15 is 0 Å². The predicted molar refractivity (Wildman–Crippen MR) is 134 cm³/mol. The second kappa shape index (κ2) is 11.7. The summed E-state index contributed by atoms with van der Waals surface area (Å²) in [6, 6.07) is 7.25. The SMILES string of the molecule is COC(=O)c1ccc(/C=C(/O[Si](C(C)C)(C(C)C)C(C)C)C(=C=O)C2CCCCC2)cc1. The van der Waals surface area contributed by atoms with Gasteiger partial charge < -0.3 is 9.16 Å². The average Bonchev–Trinajstić information content (AvgIpc) is 2.77. The maximum Gasteiger partial charge on any atom is 0.337 e. The van der Waals surface area contributed by atoms with Crippen LogP contribution in [-0.2, 0) is 14.0 Å². The van der Waals surface area contributed by atoms with Crippen molar-refractivity contribution < 1.29 is 18.8 Å². The molecule has 32 heavy (non-hydrogen) atoms. The number of carbonyl (C=O) groups excluding carboxylic acids is 2. The highest BCUT2D eigenvalue weighted by molar-refractivity contribution is 6.78. The zero-order valence-corrected chi connectivity index (χ0v) is 21.9. The summed E-state index contributed by atoms with van der Waals surface area (Å²) < 4.78 is 11.8. The molecule has 0 amide bonds. The van der Waals surface area contributed by atoms with Crippen molar-refractivity contribution in [2.24, 2.45) is 5.92 Å². The number of methoxy groups -OCH3 is 1. The van der Waals surface area contributed by atoms with Gasteiger partial charge in [-0.05, 0) is 59.2 Å². The first-order chi connectivity index (χ1) is 15.2. The van der Waals surface area contributed by atoms with Gasteiger partial charge in [-0.2, -0.15) is 0 Å². The molecular formula is C27H40O4Si. The molecule has 0 N–H and O–H groups in total. The molecule has 0 aliphatic heterocycles. The van der Waals surface area contributed by atoms with Crippen LogP contribution in [0.1, 0.15) is 89.6 Å². The third-order valence-corrected chi connectivity index (χ3v) is 13.0. The summed E-state index contributed by atoms with van der Waals surface area (Å²) in [6.07, 6.45) is 7.49. The molecule has 176 valence electrons. The standard InChI is InChI=1S/C27H40O4Si/c1-19(2)32(20(3)4,21(5)6)31-26(25(18-28)23-11-9-8-10-12-23)17-22-13-15-24(16-14-22)27(29)30-7/h13-17,19-21,23H,8-12H2,1-7H3/b26-17+. The summed E-state index contributed by atoms with van der Waals surface area (Å²) in [4.78, 5) is 24.1. The van der Waals surface area contributed by atoms with Crippen molar-refractivity contribution >= 4 is 26.3 Å². The van der Waals surface area contributed by atoms with Gasteiger partial charge in [0.15, 0.2) is 0 Å². The van der Waals surface area contributed by atoms with Crippen molar-refractivity contribution in [3.05, 3.63) is 46.7 Å². The molecule has 1 aromatic rings. The monoisotopic (exact) mass is 456 g/mol. The van der Waals surface area contributed by atoms with Gasteiger partial charge in [-0.15, -0.1) is 0 Å². The van der Waals surface area contributed by atoms with E-state index in [4.69, 9.17) is 9.16 Å². The molecule has 1 aliphatic carbocycles. The first-order valence-electron chi connectivity index (χ1n) is 12.0.